The van der Waals surface area contributed by atoms with Gasteiger partial charge in [-0.3, -0.25) is 0 Å². The first-order valence-electron chi connectivity index (χ1n) is 9.69. The van der Waals surface area contributed by atoms with Crippen LogP contribution < -0.4 is 0 Å². The number of rotatable bonds is 7. The predicted molar refractivity (Wildman–Crippen MR) is 118 cm³/mol. The fraction of sp³-hybridized carbons (Fsp3) is 0.136. The van der Waals surface area contributed by atoms with Gasteiger partial charge in [0.15, 0.2) is 11.5 Å². The summed E-state index contributed by atoms with van der Waals surface area (Å²) in [7, 11) is 0. The number of nitrogens with zero attached hydrogens (tertiary/aromatic N) is 5. The Labute approximate surface area is 188 Å². The van der Waals surface area contributed by atoms with Crippen LogP contribution in [-0.2, 0) is 11.3 Å². The molecule has 0 spiro atoms. The molecule has 0 amide bonds. The minimum atomic E-state index is -0.629. The minimum Gasteiger partial charge on any atom is -0.457 e. The minimum absolute atomic E-state index is 0.0641. The molecule has 4 rings (SSSR count). The van der Waals surface area contributed by atoms with Crippen molar-refractivity contribution in [3.8, 4) is 16.9 Å². The molecule has 0 saturated heterocycles. The van der Waals surface area contributed by atoms with E-state index in [2.05, 4.69) is 10.1 Å². The second kappa shape index (κ2) is 9.03. The summed E-state index contributed by atoms with van der Waals surface area (Å²) in [5.74, 6) is -0.321. The Balaban J connectivity index is 1.57. The molecule has 162 valence electrons. The number of nitro groups is 1. The lowest BCUT2D eigenvalue weighted by molar-refractivity contribution is -0.392. The van der Waals surface area contributed by atoms with Crippen LogP contribution in [0.1, 0.15) is 16.3 Å². The van der Waals surface area contributed by atoms with Gasteiger partial charge >= 0.3 is 11.8 Å². The monoisotopic (exact) mass is 451 g/mol. The van der Waals surface area contributed by atoms with Gasteiger partial charge in [0.1, 0.15) is 19.3 Å². The van der Waals surface area contributed by atoms with Crippen molar-refractivity contribution in [1.29, 1.82) is 0 Å². The van der Waals surface area contributed by atoms with Crippen LogP contribution in [0.25, 0.3) is 16.9 Å². The van der Waals surface area contributed by atoms with E-state index in [1.807, 2.05) is 30.3 Å². The van der Waals surface area contributed by atoms with Gasteiger partial charge in [-0.2, -0.15) is 5.10 Å². The highest BCUT2D eigenvalue weighted by molar-refractivity contribution is 6.30. The third-order valence-corrected chi connectivity index (χ3v) is 5.08. The molecule has 0 unspecified atom stereocenters. The number of hydrogen-bond acceptors (Lipinski definition) is 6. The SMILES string of the molecule is Cc1ncc([N+](=O)[O-])n1CCOC(=O)c1cc(-c2ccccc2)n(-c2ccc(Cl)cc2)n1. The average molecular weight is 452 g/mol. The highest BCUT2D eigenvalue weighted by Crippen LogP contribution is 2.25. The number of aromatic nitrogens is 4. The first-order chi connectivity index (χ1) is 15.4. The van der Waals surface area contributed by atoms with Crippen LogP contribution in [0.5, 0.6) is 0 Å². The first-order valence-corrected chi connectivity index (χ1v) is 10.1. The van der Waals surface area contributed by atoms with Crippen molar-refractivity contribution < 1.29 is 14.5 Å². The number of carbonyl (C=O) groups is 1. The van der Waals surface area contributed by atoms with Crippen molar-refractivity contribution in [2.75, 3.05) is 6.61 Å². The number of benzene rings is 2. The molecule has 0 aliphatic carbocycles. The smallest absolute Gasteiger partial charge is 0.359 e. The van der Waals surface area contributed by atoms with Crippen LogP contribution >= 0.6 is 11.6 Å². The maximum absolute atomic E-state index is 12.7. The Bertz CT molecular complexity index is 1270. The number of aryl methyl sites for hydroxylation is 1. The number of hydrogen-bond donors (Lipinski definition) is 0. The van der Waals surface area contributed by atoms with E-state index in [1.54, 1.807) is 41.9 Å². The first kappa shape index (κ1) is 21.3. The van der Waals surface area contributed by atoms with E-state index in [1.165, 1.54) is 10.8 Å². The summed E-state index contributed by atoms with van der Waals surface area (Å²) in [6.07, 6.45) is 1.18. The lowest BCUT2D eigenvalue weighted by Crippen LogP contribution is -2.14. The number of ether oxygens (including phenoxy) is 1. The molecule has 2 aromatic carbocycles. The van der Waals surface area contributed by atoms with E-state index in [0.717, 1.165) is 11.3 Å². The van der Waals surface area contributed by atoms with Crippen molar-refractivity contribution in [2.45, 2.75) is 13.5 Å². The summed E-state index contributed by atoms with van der Waals surface area (Å²) < 4.78 is 8.37. The van der Waals surface area contributed by atoms with Crippen molar-refractivity contribution in [3.05, 3.63) is 93.5 Å². The molecule has 0 saturated carbocycles. The highest BCUT2D eigenvalue weighted by atomic mass is 35.5. The maximum atomic E-state index is 12.7. The van der Waals surface area contributed by atoms with Gasteiger partial charge < -0.3 is 14.9 Å². The zero-order valence-corrected chi connectivity index (χ0v) is 17.8. The van der Waals surface area contributed by atoms with Gasteiger partial charge in [-0.25, -0.2) is 19.0 Å². The average Bonchev–Trinajstić information content (AvgIpc) is 3.39. The standard InChI is InChI=1S/C22H18ClN5O4/c1-15-24-14-21(28(30)31)26(15)11-12-32-22(29)19-13-20(16-5-3-2-4-6-16)27(25-19)18-9-7-17(23)8-10-18/h2-10,13-14H,11-12H2,1H3. The second-order valence-electron chi connectivity index (χ2n) is 6.88. The molecule has 0 fully saturated rings. The van der Waals surface area contributed by atoms with Crippen LogP contribution in [0, 0.1) is 17.0 Å². The molecular weight excluding hydrogens is 434 g/mol. The Morgan fingerprint density at radius 1 is 1.16 bits per heavy atom. The van der Waals surface area contributed by atoms with Crippen molar-refractivity contribution >= 4 is 23.4 Å². The Morgan fingerprint density at radius 2 is 1.88 bits per heavy atom. The normalized spacial score (nSPS) is 10.8. The van der Waals surface area contributed by atoms with Gasteiger partial charge in [0.05, 0.1) is 11.4 Å². The number of carbonyl (C=O) groups excluding carboxylic acids is 1. The van der Waals surface area contributed by atoms with E-state index in [0.29, 0.717) is 16.5 Å². The summed E-state index contributed by atoms with van der Waals surface area (Å²) in [4.78, 5) is 27.2. The highest BCUT2D eigenvalue weighted by Gasteiger charge is 2.20. The van der Waals surface area contributed by atoms with Gasteiger partial charge in [0.2, 0.25) is 0 Å². The van der Waals surface area contributed by atoms with Crippen LogP contribution in [0.3, 0.4) is 0 Å². The fourth-order valence-electron chi connectivity index (χ4n) is 3.26. The van der Waals surface area contributed by atoms with E-state index in [-0.39, 0.29) is 24.7 Å². The molecule has 0 radical (unpaired) electrons. The van der Waals surface area contributed by atoms with Crippen LogP contribution in [0.15, 0.2) is 66.9 Å². The third kappa shape index (κ3) is 4.37. The molecule has 0 aliphatic rings. The van der Waals surface area contributed by atoms with E-state index >= 15 is 0 Å². The predicted octanol–water partition coefficient (Wildman–Crippen LogP) is 4.46. The van der Waals surface area contributed by atoms with Gasteiger partial charge in [0.25, 0.3) is 0 Å². The lowest BCUT2D eigenvalue weighted by atomic mass is 10.1. The van der Waals surface area contributed by atoms with Gasteiger partial charge in [-0.05, 0) is 35.3 Å². The molecule has 0 bridgehead atoms. The zero-order chi connectivity index (χ0) is 22.7. The molecule has 9 nitrogen and oxygen atoms in total. The summed E-state index contributed by atoms with van der Waals surface area (Å²) in [5.41, 5.74) is 2.44. The second-order valence-corrected chi connectivity index (χ2v) is 7.31. The topological polar surface area (TPSA) is 105 Å². The van der Waals surface area contributed by atoms with E-state index in [9.17, 15) is 14.9 Å². The molecule has 4 aromatic rings. The van der Waals surface area contributed by atoms with Crippen molar-refractivity contribution in [3.63, 3.8) is 0 Å². The number of esters is 1. The lowest BCUT2D eigenvalue weighted by Gasteiger charge is -2.07. The number of imidazole rings is 1. The largest absolute Gasteiger partial charge is 0.457 e. The van der Waals surface area contributed by atoms with Gasteiger partial charge in [0, 0.05) is 17.5 Å². The number of halogens is 1. The molecule has 0 aliphatic heterocycles. The zero-order valence-electron chi connectivity index (χ0n) is 17.0. The van der Waals surface area contributed by atoms with Crippen LogP contribution in [0.2, 0.25) is 5.02 Å². The summed E-state index contributed by atoms with van der Waals surface area (Å²) in [6.45, 7) is 1.69. The Morgan fingerprint density at radius 3 is 2.56 bits per heavy atom. The summed E-state index contributed by atoms with van der Waals surface area (Å²) >= 11 is 6.00. The Kier molecular flexibility index (Phi) is 6.00. The molecule has 10 heteroatoms. The molecule has 32 heavy (non-hydrogen) atoms. The summed E-state index contributed by atoms with van der Waals surface area (Å²) in [5, 5.41) is 16.1. The quantitative estimate of drug-likeness (QED) is 0.233. The third-order valence-electron chi connectivity index (χ3n) is 4.83. The molecule has 0 atom stereocenters. The molecule has 0 N–H and O–H groups in total. The maximum Gasteiger partial charge on any atom is 0.359 e. The van der Waals surface area contributed by atoms with Crippen LogP contribution in [0.4, 0.5) is 5.82 Å². The van der Waals surface area contributed by atoms with Gasteiger partial charge in [-0.1, -0.05) is 41.9 Å². The fourth-order valence-corrected chi connectivity index (χ4v) is 3.38. The van der Waals surface area contributed by atoms with Crippen molar-refractivity contribution in [2.24, 2.45) is 0 Å². The molecule has 2 aromatic heterocycles. The van der Waals surface area contributed by atoms with Gasteiger partial charge in [-0.15, -0.1) is 0 Å². The molecule has 2 heterocycles. The van der Waals surface area contributed by atoms with E-state index < -0.39 is 10.9 Å². The Hall–Kier alpha value is -3.98. The summed E-state index contributed by atoms with van der Waals surface area (Å²) in [6, 6.07) is 18.3. The van der Waals surface area contributed by atoms with E-state index in [4.69, 9.17) is 16.3 Å². The van der Waals surface area contributed by atoms with Crippen molar-refractivity contribution in [1.82, 2.24) is 19.3 Å². The van der Waals surface area contributed by atoms with Crippen LogP contribution in [-0.4, -0.2) is 36.8 Å². The molecular formula is C22H18ClN5O4.